The average Bonchev–Trinajstić information content (AvgIpc) is 3.46. The van der Waals surface area contributed by atoms with Crippen LogP contribution >= 0.6 is 0 Å². The van der Waals surface area contributed by atoms with E-state index in [1.54, 1.807) is 0 Å². The number of hydrogen-bond donors (Lipinski definition) is 3. The molecule has 3 amide bonds. The molecule has 1 aromatic heterocycles. The highest BCUT2D eigenvalue weighted by molar-refractivity contribution is 5.92. The molecular weight excluding hydrogens is 494 g/mol. The van der Waals surface area contributed by atoms with Crippen LogP contribution in [-0.2, 0) is 33.6 Å². The first-order chi connectivity index (χ1) is 19.0. The summed E-state index contributed by atoms with van der Waals surface area (Å²) in [4.78, 5) is 48.4. The number of H-pyrrole nitrogens is 1. The second-order valence-electron chi connectivity index (χ2n) is 9.20. The van der Waals surface area contributed by atoms with E-state index in [1.807, 2.05) is 72.8 Å². The van der Waals surface area contributed by atoms with E-state index in [1.165, 1.54) is 12.5 Å². The number of rotatable bonds is 12. The van der Waals surface area contributed by atoms with E-state index in [2.05, 4.69) is 30.6 Å². The molecule has 39 heavy (non-hydrogen) atoms. The summed E-state index contributed by atoms with van der Waals surface area (Å²) in [6, 6.07) is 22.4. The Morgan fingerprint density at radius 3 is 2.51 bits per heavy atom. The first-order valence-corrected chi connectivity index (χ1v) is 12.7. The summed E-state index contributed by atoms with van der Waals surface area (Å²) in [5, 5.41) is 10.8. The zero-order valence-electron chi connectivity index (χ0n) is 21.3. The van der Waals surface area contributed by atoms with Crippen LogP contribution in [-0.4, -0.2) is 40.3 Å². The van der Waals surface area contributed by atoms with E-state index in [0.29, 0.717) is 18.7 Å². The lowest BCUT2D eigenvalue weighted by atomic mass is 9.91. The second-order valence-corrected chi connectivity index (χ2v) is 9.20. The molecule has 1 unspecified atom stereocenters. The quantitative estimate of drug-likeness (QED) is 0.146. The van der Waals surface area contributed by atoms with Gasteiger partial charge in [0.1, 0.15) is 0 Å². The number of carbonyl (C=O) groups is 3. The molecule has 3 aromatic carbocycles. The number of aromatic amines is 1. The minimum absolute atomic E-state index is 0.0633. The van der Waals surface area contributed by atoms with Crippen LogP contribution in [0, 0.1) is 5.92 Å². The predicted molar refractivity (Wildman–Crippen MR) is 147 cm³/mol. The van der Waals surface area contributed by atoms with Crippen molar-refractivity contribution >= 4 is 28.5 Å². The van der Waals surface area contributed by atoms with Gasteiger partial charge in [-0.1, -0.05) is 72.8 Å². The standard InChI is InChI=1S/C29H29N7O3/c30-36-35-29(39)26(17-24-18-31-19-33-24)34-28(38)23(15-22-11-6-10-21-9-4-5-12-25(21)22)16-27(37)32-14-13-20-7-2-1-3-8-20/h1-12,18-19,23,26H,13-17H2,(H,31,33)(H,32,37)(H,34,38)/t23?,26-/m0/s1. The number of hydrogen-bond acceptors (Lipinski definition) is 4. The molecule has 4 aromatic rings. The van der Waals surface area contributed by atoms with Crippen LogP contribution in [0.5, 0.6) is 0 Å². The summed E-state index contributed by atoms with van der Waals surface area (Å²) in [7, 11) is 0. The molecule has 0 fully saturated rings. The SMILES string of the molecule is [N-]=[N+]=NC(=O)[C@H](Cc1cnc[nH]1)NC(=O)C(CC(=O)NCCc1ccccc1)Cc1cccc2ccccc12. The lowest BCUT2D eigenvalue weighted by Gasteiger charge is -2.21. The Labute approximate surface area is 225 Å². The normalized spacial score (nSPS) is 12.2. The molecular formula is C29H29N7O3. The van der Waals surface area contributed by atoms with E-state index in [4.69, 9.17) is 5.53 Å². The Kier molecular flexibility index (Phi) is 9.42. The molecule has 10 nitrogen and oxygen atoms in total. The minimum Gasteiger partial charge on any atom is -0.356 e. The van der Waals surface area contributed by atoms with E-state index in [9.17, 15) is 14.4 Å². The molecule has 1 heterocycles. The van der Waals surface area contributed by atoms with Crippen molar-refractivity contribution < 1.29 is 14.4 Å². The minimum atomic E-state index is -1.11. The number of benzene rings is 3. The van der Waals surface area contributed by atoms with E-state index in [0.717, 1.165) is 21.9 Å². The molecule has 2 atom stereocenters. The molecule has 3 N–H and O–H groups in total. The summed E-state index contributed by atoms with van der Waals surface area (Å²) in [5.41, 5.74) is 11.4. The van der Waals surface area contributed by atoms with Crippen LogP contribution in [0.25, 0.3) is 21.2 Å². The highest BCUT2D eigenvalue weighted by atomic mass is 16.2. The third-order valence-corrected chi connectivity index (χ3v) is 6.46. The Bertz CT molecular complexity index is 1460. The van der Waals surface area contributed by atoms with E-state index >= 15 is 0 Å². The molecule has 4 rings (SSSR count). The largest absolute Gasteiger partial charge is 0.356 e. The Hall–Kier alpha value is -4.95. The monoisotopic (exact) mass is 523 g/mol. The summed E-state index contributed by atoms with van der Waals surface area (Å²) in [5.74, 6) is -2.34. The third-order valence-electron chi connectivity index (χ3n) is 6.46. The molecule has 10 heteroatoms. The molecule has 0 aliphatic heterocycles. The molecule has 0 bridgehead atoms. The lowest BCUT2D eigenvalue weighted by molar-refractivity contribution is -0.132. The van der Waals surface area contributed by atoms with Gasteiger partial charge in [-0.15, -0.1) is 0 Å². The van der Waals surface area contributed by atoms with E-state index in [-0.39, 0.29) is 25.2 Å². The van der Waals surface area contributed by atoms with Crippen molar-refractivity contribution in [3.8, 4) is 0 Å². The number of imidazole rings is 1. The zero-order valence-corrected chi connectivity index (χ0v) is 21.3. The van der Waals surface area contributed by atoms with Gasteiger partial charge in [-0.05, 0) is 45.4 Å². The third kappa shape index (κ3) is 7.77. The topological polar surface area (TPSA) is 153 Å². The van der Waals surface area contributed by atoms with Gasteiger partial charge in [0.15, 0.2) is 0 Å². The Morgan fingerprint density at radius 2 is 1.74 bits per heavy atom. The number of aromatic nitrogens is 2. The number of nitrogens with one attached hydrogen (secondary N) is 3. The van der Waals surface area contributed by atoms with Gasteiger partial charge in [0.25, 0.3) is 0 Å². The molecule has 0 aliphatic carbocycles. The van der Waals surface area contributed by atoms with Crippen LogP contribution in [0.1, 0.15) is 23.2 Å². The van der Waals surface area contributed by atoms with Crippen LogP contribution in [0.2, 0.25) is 0 Å². The maximum absolute atomic E-state index is 13.6. The summed E-state index contributed by atoms with van der Waals surface area (Å²) in [6.07, 6.45) is 3.92. The smallest absolute Gasteiger partial charge is 0.241 e. The van der Waals surface area contributed by atoms with Gasteiger partial charge >= 0.3 is 0 Å². The van der Waals surface area contributed by atoms with Crippen molar-refractivity contribution in [2.24, 2.45) is 11.0 Å². The molecule has 0 saturated heterocycles. The van der Waals surface area contributed by atoms with Gasteiger partial charge in [0.05, 0.1) is 18.3 Å². The first-order valence-electron chi connectivity index (χ1n) is 12.7. The summed E-state index contributed by atoms with van der Waals surface area (Å²) >= 11 is 0. The number of fused-ring (bicyclic) bond motifs is 1. The number of nitrogens with zero attached hydrogens (tertiary/aromatic N) is 4. The maximum atomic E-state index is 13.6. The molecule has 0 aliphatic rings. The van der Waals surface area contributed by atoms with Crippen LogP contribution < -0.4 is 10.6 Å². The highest BCUT2D eigenvalue weighted by Gasteiger charge is 2.28. The van der Waals surface area contributed by atoms with Crippen LogP contribution in [0.4, 0.5) is 0 Å². The van der Waals surface area contributed by atoms with E-state index < -0.39 is 23.8 Å². The van der Waals surface area contributed by atoms with Gasteiger partial charge in [-0.25, -0.2) is 4.98 Å². The lowest BCUT2D eigenvalue weighted by Crippen LogP contribution is -2.46. The number of amides is 3. The van der Waals surface area contributed by atoms with Crippen molar-refractivity contribution in [2.45, 2.75) is 31.7 Å². The maximum Gasteiger partial charge on any atom is 0.241 e. The summed E-state index contributed by atoms with van der Waals surface area (Å²) < 4.78 is 0. The van der Waals surface area contributed by atoms with Gasteiger partial charge in [-0.3, -0.25) is 14.4 Å². The first kappa shape index (κ1) is 27.1. The molecule has 198 valence electrons. The second kappa shape index (κ2) is 13.6. The fourth-order valence-corrected chi connectivity index (χ4v) is 4.50. The van der Waals surface area contributed by atoms with Gasteiger partial charge in [-0.2, -0.15) is 0 Å². The van der Waals surface area contributed by atoms with Crippen molar-refractivity contribution in [1.82, 2.24) is 20.6 Å². The Balaban J connectivity index is 1.52. The number of azide groups is 1. The Morgan fingerprint density at radius 1 is 0.974 bits per heavy atom. The molecule has 0 saturated carbocycles. The molecule has 0 spiro atoms. The highest BCUT2D eigenvalue weighted by Crippen LogP contribution is 2.23. The number of carbonyl (C=O) groups excluding carboxylic acids is 3. The van der Waals surface area contributed by atoms with Crippen molar-refractivity contribution in [3.05, 3.63) is 113 Å². The van der Waals surface area contributed by atoms with Gasteiger partial charge in [0.2, 0.25) is 17.7 Å². The van der Waals surface area contributed by atoms with Crippen molar-refractivity contribution in [3.63, 3.8) is 0 Å². The molecule has 0 radical (unpaired) electrons. The fraction of sp³-hybridized carbons (Fsp3) is 0.241. The summed E-state index contributed by atoms with van der Waals surface area (Å²) in [6.45, 7) is 0.434. The van der Waals surface area contributed by atoms with Crippen molar-refractivity contribution in [2.75, 3.05) is 6.54 Å². The van der Waals surface area contributed by atoms with Gasteiger partial charge < -0.3 is 15.6 Å². The fourth-order valence-electron chi connectivity index (χ4n) is 4.50. The van der Waals surface area contributed by atoms with Crippen molar-refractivity contribution in [1.29, 1.82) is 0 Å². The average molecular weight is 524 g/mol. The van der Waals surface area contributed by atoms with Crippen LogP contribution in [0.3, 0.4) is 0 Å². The van der Waals surface area contributed by atoms with Gasteiger partial charge in [0, 0.05) is 36.2 Å². The zero-order chi connectivity index (χ0) is 27.5. The predicted octanol–water partition coefficient (Wildman–Crippen LogP) is 4.04. The van der Waals surface area contributed by atoms with Crippen LogP contribution in [0.15, 0.2) is 90.4 Å².